The van der Waals surface area contributed by atoms with Crippen molar-refractivity contribution in [3.8, 4) is 0 Å². The Bertz CT molecular complexity index is 898. The van der Waals surface area contributed by atoms with Crippen molar-refractivity contribution in [1.82, 2.24) is 25.3 Å². The summed E-state index contributed by atoms with van der Waals surface area (Å²) in [6.45, 7) is 4.62. The van der Waals surface area contributed by atoms with Gasteiger partial charge in [-0.05, 0) is 25.3 Å². The van der Waals surface area contributed by atoms with Gasteiger partial charge in [-0.15, -0.1) is 0 Å². The number of carbonyl (C=O) groups is 3. The molecule has 0 radical (unpaired) electrons. The van der Waals surface area contributed by atoms with Crippen LogP contribution in [0.25, 0.3) is 0 Å². The molecule has 1 fully saturated rings. The molecule has 0 spiro atoms. The third kappa shape index (κ3) is 5.68. The standard InChI is InChI=1S/C22H29N5O3/c1-15-4-6-17(7-5-15)20(24-16(2)28)12-21(29)27-10-8-19(9-11-27)25-22(30)18-13-23-26(3)14-18/h4-7,13-14,19-20H,8-12H2,1-3H3,(H,24,28)(H,25,30). The summed E-state index contributed by atoms with van der Waals surface area (Å²) in [6, 6.07) is 7.53. The van der Waals surface area contributed by atoms with Gasteiger partial charge in [0.25, 0.3) is 5.91 Å². The molecule has 1 aliphatic rings. The van der Waals surface area contributed by atoms with Gasteiger partial charge in [0.2, 0.25) is 11.8 Å². The summed E-state index contributed by atoms with van der Waals surface area (Å²) in [5.74, 6) is -0.297. The molecular formula is C22H29N5O3. The fourth-order valence-corrected chi connectivity index (χ4v) is 3.68. The number of hydrogen-bond acceptors (Lipinski definition) is 4. The predicted molar refractivity (Wildman–Crippen MR) is 113 cm³/mol. The van der Waals surface area contributed by atoms with Crippen LogP contribution < -0.4 is 10.6 Å². The summed E-state index contributed by atoms with van der Waals surface area (Å²) < 4.78 is 1.59. The van der Waals surface area contributed by atoms with E-state index in [9.17, 15) is 14.4 Å². The number of nitrogens with zero attached hydrogens (tertiary/aromatic N) is 3. The predicted octanol–water partition coefficient (Wildman–Crippen LogP) is 1.72. The third-order valence-corrected chi connectivity index (χ3v) is 5.39. The summed E-state index contributed by atoms with van der Waals surface area (Å²) in [5, 5.41) is 9.92. The van der Waals surface area contributed by atoms with Gasteiger partial charge in [0.05, 0.1) is 24.2 Å². The number of hydrogen-bond donors (Lipinski definition) is 2. The van der Waals surface area contributed by atoms with Crippen LogP contribution in [-0.2, 0) is 16.6 Å². The van der Waals surface area contributed by atoms with Crippen molar-refractivity contribution < 1.29 is 14.4 Å². The van der Waals surface area contributed by atoms with Crippen LogP contribution >= 0.6 is 0 Å². The van der Waals surface area contributed by atoms with E-state index < -0.39 is 0 Å². The van der Waals surface area contributed by atoms with Crippen molar-refractivity contribution in [1.29, 1.82) is 0 Å². The van der Waals surface area contributed by atoms with Gasteiger partial charge >= 0.3 is 0 Å². The van der Waals surface area contributed by atoms with E-state index in [0.717, 1.165) is 11.1 Å². The van der Waals surface area contributed by atoms with Crippen molar-refractivity contribution in [2.75, 3.05) is 13.1 Å². The van der Waals surface area contributed by atoms with Crippen LogP contribution in [0.5, 0.6) is 0 Å². The molecule has 1 atom stereocenters. The monoisotopic (exact) mass is 411 g/mol. The largest absolute Gasteiger partial charge is 0.349 e. The van der Waals surface area contributed by atoms with E-state index in [1.165, 1.54) is 6.92 Å². The first kappa shape index (κ1) is 21.5. The van der Waals surface area contributed by atoms with E-state index in [1.54, 1.807) is 24.1 Å². The lowest BCUT2D eigenvalue weighted by molar-refractivity contribution is -0.133. The molecule has 0 bridgehead atoms. The third-order valence-electron chi connectivity index (χ3n) is 5.39. The Morgan fingerprint density at radius 1 is 1.17 bits per heavy atom. The maximum atomic E-state index is 12.9. The zero-order chi connectivity index (χ0) is 21.7. The summed E-state index contributed by atoms with van der Waals surface area (Å²) in [4.78, 5) is 38.6. The minimum atomic E-state index is -0.349. The highest BCUT2D eigenvalue weighted by Gasteiger charge is 2.27. The topological polar surface area (TPSA) is 96.3 Å². The number of nitrogens with one attached hydrogen (secondary N) is 2. The molecule has 1 unspecified atom stereocenters. The van der Waals surface area contributed by atoms with Gasteiger partial charge in [-0.2, -0.15) is 5.10 Å². The molecule has 2 aromatic rings. The van der Waals surface area contributed by atoms with Crippen molar-refractivity contribution in [2.24, 2.45) is 7.05 Å². The molecule has 3 amide bonds. The lowest BCUT2D eigenvalue weighted by Gasteiger charge is -2.33. The number of likely N-dealkylation sites (tertiary alicyclic amines) is 1. The highest BCUT2D eigenvalue weighted by molar-refractivity contribution is 5.93. The number of piperidine rings is 1. The minimum absolute atomic E-state index is 0.00589. The number of carbonyl (C=O) groups excluding carboxylic acids is 3. The summed E-state index contributed by atoms with van der Waals surface area (Å²) >= 11 is 0. The minimum Gasteiger partial charge on any atom is -0.349 e. The Labute approximate surface area is 176 Å². The molecule has 1 saturated heterocycles. The lowest BCUT2D eigenvalue weighted by atomic mass is 9.99. The van der Waals surface area contributed by atoms with E-state index in [-0.39, 0.29) is 36.2 Å². The normalized spacial score (nSPS) is 15.5. The van der Waals surface area contributed by atoms with Crippen LogP contribution in [0.2, 0.25) is 0 Å². The Morgan fingerprint density at radius 3 is 2.40 bits per heavy atom. The van der Waals surface area contributed by atoms with Crippen molar-refractivity contribution in [2.45, 2.75) is 45.2 Å². The van der Waals surface area contributed by atoms with Crippen LogP contribution in [-0.4, -0.2) is 51.5 Å². The van der Waals surface area contributed by atoms with Crippen LogP contribution in [0, 0.1) is 6.92 Å². The first-order valence-corrected chi connectivity index (χ1v) is 10.2. The quantitative estimate of drug-likeness (QED) is 0.756. The van der Waals surface area contributed by atoms with Gasteiger partial charge in [-0.25, -0.2) is 0 Å². The van der Waals surface area contributed by atoms with E-state index >= 15 is 0 Å². The molecule has 8 heteroatoms. The molecule has 1 aliphatic heterocycles. The highest BCUT2D eigenvalue weighted by Crippen LogP contribution is 2.21. The summed E-state index contributed by atoms with van der Waals surface area (Å²) in [5.41, 5.74) is 2.58. The molecule has 30 heavy (non-hydrogen) atoms. The molecule has 8 nitrogen and oxygen atoms in total. The first-order valence-electron chi connectivity index (χ1n) is 10.2. The van der Waals surface area contributed by atoms with Crippen molar-refractivity contribution >= 4 is 17.7 Å². The summed E-state index contributed by atoms with van der Waals surface area (Å²) in [7, 11) is 1.77. The number of rotatable bonds is 6. The van der Waals surface area contributed by atoms with E-state index in [2.05, 4.69) is 15.7 Å². The zero-order valence-corrected chi connectivity index (χ0v) is 17.7. The molecule has 0 aliphatic carbocycles. The maximum absolute atomic E-state index is 12.9. The van der Waals surface area contributed by atoms with Gasteiger partial charge in [0.15, 0.2) is 0 Å². The molecule has 3 rings (SSSR count). The Kier molecular flexibility index (Phi) is 6.87. The van der Waals surface area contributed by atoms with Crippen molar-refractivity contribution in [3.05, 3.63) is 53.3 Å². The van der Waals surface area contributed by atoms with Crippen LogP contribution in [0.1, 0.15) is 53.7 Å². The van der Waals surface area contributed by atoms with Gasteiger partial charge in [0.1, 0.15) is 0 Å². The van der Waals surface area contributed by atoms with E-state index in [1.807, 2.05) is 36.1 Å². The van der Waals surface area contributed by atoms with Gasteiger partial charge in [-0.1, -0.05) is 29.8 Å². The second-order valence-electron chi connectivity index (χ2n) is 7.90. The molecule has 2 N–H and O–H groups in total. The van der Waals surface area contributed by atoms with Crippen molar-refractivity contribution in [3.63, 3.8) is 0 Å². The molecule has 1 aromatic heterocycles. The second-order valence-corrected chi connectivity index (χ2v) is 7.90. The van der Waals surface area contributed by atoms with Gasteiger partial charge < -0.3 is 15.5 Å². The number of aromatic nitrogens is 2. The molecule has 1 aromatic carbocycles. The molecule has 0 saturated carbocycles. The van der Waals surface area contributed by atoms with Crippen LogP contribution in [0.15, 0.2) is 36.7 Å². The number of aryl methyl sites for hydroxylation is 2. The second kappa shape index (κ2) is 9.56. The van der Waals surface area contributed by atoms with E-state index in [4.69, 9.17) is 0 Å². The number of amides is 3. The van der Waals surface area contributed by atoms with E-state index in [0.29, 0.717) is 31.5 Å². The van der Waals surface area contributed by atoms with Crippen LogP contribution in [0.3, 0.4) is 0 Å². The molecule has 2 heterocycles. The fraction of sp³-hybridized carbons (Fsp3) is 0.455. The number of benzene rings is 1. The molecular weight excluding hydrogens is 382 g/mol. The lowest BCUT2D eigenvalue weighted by Crippen LogP contribution is -2.47. The zero-order valence-electron chi connectivity index (χ0n) is 17.7. The highest BCUT2D eigenvalue weighted by atomic mass is 16.2. The summed E-state index contributed by atoms with van der Waals surface area (Å²) in [6.07, 6.45) is 4.85. The average molecular weight is 412 g/mol. The van der Waals surface area contributed by atoms with Gasteiger partial charge in [0, 0.05) is 39.3 Å². The van der Waals surface area contributed by atoms with Gasteiger partial charge in [-0.3, -0.25) is 19.1 Å². The first-order chi connectivity index (χ1) is 14.3. The maximum Gasteiger partial charge on any atom is 0.254 e. The smallest absolute Gasteiger partial charge is 0.254 e. The Balaban J connectivity index is 1.53. The Morgan fingerprint density at radius 2 is 1.83 bits per heavy atom. The fourth-order valence-electron chi connectivity index (χ4n) is 3.68. The Hall–Kier alpha value is -3.16. The average Bonchev–Trinajstić information content (AvgIpc) is 3.15. The van der Waals surface area contributed by atoms with Crippen LogP contribution in [0.4, 0.5) is 0 Å². The SMILES string of the molecule is CC(=O)NC(CC(=O)N1CCC(NC(=O)c2cnn(C)c2)CC1)c1ccc(C)cc1. The molecule has 160 valence electrons.